The van der Waals surface area contributed by atoms with Gasteiger partial charge in [0.1, 0.15) is 6.10 Å². The van der Waals surface area contributed by atoms with Crippen LogP contribution in [0, 0.1) is 0 Å². The highest BCUT2D eigenvalue weighted by atomic mass is 16.5. The van der Waals surface area contributed by atoms with Crippen LogP contribution in [0.1, 0.15) is 17.5 Å². The van der Waals surface area contributed by atoms with Crippen molar-refractivity contribution in [2.24, 2.45) is 0 Å². The van der Waals surface area contributed by atoms with Crippen LogP contribution in [0.15, 0.2) is 29.1 Å². The number of fused-ring (bicyclic) bond motifs is 1. The molecule has 1 aliphatic heterocycles. The Hall–Kier alpha value is -2.25. The molecular weight excluding hydrogens is 286 g/mol. The van der Waals surface area contributed by atoms with E-state index in [4.69, 9.17) is 4.74 Å². The Morgan fingerprint density at radius 2 is 2.23 bits per heavy atom. The van der Waals surface area contributed by atoms with Crippen LogP contribution in [-0.4, -0.2) is 57.8 Å². The van der Waals surface area contributed by atoms with Crippen LogP contribution >= 0.6 is 0 Å². The number of carbonyl (C=O) groups is 1. The number of hydrogen-bond donors (Lipinski definition) is 2. The van der Waals surface area contributed by atoms with Crippen LogP contribution in [0.3, 0.4) is 0 Å². The minimum absolute atomic E-state index is 0.0203. The fourth-order valence-corrected chi connectivity index (χ4v) is 2.64. The number of nitrogens with zero attached hydrogens (tertiary/aromatic N) is 2. The Bertz CT molecular complexity index is 758. The summed E-state index contributed by atoms with van der Waals surface area (Å²) in [5.41, 5.74) is 0.116. The minimum Gasteiger partial charge on any atom is -0.388 e. The van der Waals surface area contributed by atoms with Crippen LogP contribution in [0.25, 0.3) is 10.9 Å². The summed E-state index contributed by atoms with van der Waals surface area (Å²) in [5.74, 6) is -0.433. The number of hydrogen-bond acceptors (Lipinski definition) is 5. The van der Waals surface area contributed by atoms with E-state index in [1.807, 2.05) is 6.92 Å². The largest absolute Gasteiger partial charge is 0.388 e. The number of aliphatic hydroxyl groups excluding tert-OH is 1. The van der Waals surface area contributed by atoms with E-state index >= 15 is 0 Å². The summed E-state index contributed by atoms with van der Waals surface area (Å²) < 4.78 is 5.39. The van der Waals surface area contributed by atoms with E-state index in [1.165, 1.54) is 4.90 Å². The molecule has 7 nitrogen and oxygen atoms in total. The Labute approximate surface area is 126 Å². The number of β-amino-alcohol motifs (C(OH)–C–C–N with tert-alkyl or cyclic N) is 1. The van der Waals surface area contributed by atoms with Gasteiger partial charge in [0.15, 0.2) is 5.82 Å². The Morgan fingerprint density at radius 3 is 3.00 bits per heavy atom. The Balaban J connectivity index is 1.88. The molecule has 2 aromatic rings. The molecule has 1 saturated heterocycles. The zero-order valence-corrected chi connectivity index (χ0v) is 12.2. The zero-order valence-electron chi connectivity index (χ0n) is 12.2. The molecule has 0 bridgehead atoms. The third-order valence-corrected chi connectivity index (χ3v) is 3.72. The maximum Gasteiger partial charge on any atom is 0.289 e. The first-order chi connectivity index (χ1) is 10.6. The predicted molar refractivity (Wildman–Crippen MR) is 79.7 cm³/mol. The van der Waals surface area contributed by atoms with Crippen LogP contribution in [0.5, 0.6) is 0 Å². The lowest BCUT2D eigenvalue weighted by Gasteiger charge is -2.15. The summed E-state index contributed by atoms with van der Waals surface area (Å²) in [6, 6.07) is 6.83. The van der Waals surface area contributed by atoms with Crippen LogP contribution < -0.4 is 5.56 Å². The summed E-state index contributed by atoms with van der Waals surface area (Å²) in [6.07, 6.45) is -1.13. The number of amides is 1. The molecule has 1 aliphatic rings. The molecule has 1 aromatic carbocycles. The summed E-state index contributed by atoms with van der Waals surface area (Å²) in [6.45, 7) is 2.75. The molecule has 116 valence electrons. The first kappa shape index (κ1) is 14.7. The number of H-pyrrole nitrogens is 1. The average molecular weight is 303 g/mol. The van der Waals surface area contributed by atoms with Gasteiger partial charge in [-0.15, -0.1) is 0 Å². The summed E-state index contributed by atoms with van der Waals surface area (Å²) in [5, 5.41) is 10.3. The molecule has 2 N–H and O–H groups in total. The van der Waals surface area contributed by atoms with E-state index in [0.29, 0.717) is 17.5 Å². The molecule has 0 radical (unpaired) electrons. The van der Waals surface area contributed by atoms with Gasteiger partial charge in [-0.2, -0.15) is 0 Å². The van der Waals surface area contributed by atoms with Crippen molar-refractivity contribution in [1.82, 2.24) is 14.9 Å². The molecule has 0 spiro atoms. The second kappa shape index (κ2) is 5.86. The molecule has 0 unspecified atom stereocenters. The molecule has 7 heteroatoms. The summed E-state index contributed by atoms with van der Waals surface area (Å²) >= 11 is 0. The molecule has 2 atom stereocenters. The number of ether oxygens (including phenoxy) is 1. The second-order valence-corrected chi connectivity index (χ2v) is 5.20. The summed E-state index contributed by atoms with van der Waals surface area (Å²) in [7, 11) is 0. The van der Waals surface area contributed by atoms with Gasteiger partial charge in [0, 0.05) is 13.2 Å². The number of nitrogens with one attached hydrogen (secondary N) is 1. The molecule has 2 heterocycles. The van der Waals surface area contributed by atoms with Crippen molar-refractivity contribution in [3.63, 3.8) is 0 Å². The number of likely N-dealkylation sites (tertiary alicyclic amines) is 1. The highest BCUT2D eigenvalue weighted by molar-refractivity contribution is 5.92. The molecule has 0 aliphatic carbocycles. The smallest absolute Gasteiger partial charge is 0.289 e. The fourth-order valence-electron chi connectivity index (χ4n) is 2.64. The fraction of sp³-hybridized carbons (Fsp3) is 0.400. The van der Waals surface area contributed by atoms with Crippen molar-refractivity contribution in [3.05, 3.63) is 40.4 Å². The van der Waals surface area contributed by atoms with E-state index < -0.39 is 18.1 Å². The van der Waals surface area contributed by atoms with E-state index in [9.17, 15) is 14.7 Å². The number of aliphatic hydroxyl groups is 1. The molecule has 22 heavy (non-hydrogen) atoms. The lowest BCUT2D eigenvalue weighted by molar-refractivity contribution is -0.00238. The number of para-hydroxylation sites is 1. The molecular formula is C15H17N3O4. The number of benzene rings is 1. The van der Waals surface area contributed by atoms with E-state index in [1.54, 1.807) is 24.3 Å². The molecule has 0 saturated carbocycles. The molecule has 1 fully saturated rings. The van der Waals surface area contributed by atoms with Crippen molar-refractivity contribution < 1.29 is 14.6 Å². The molecule has 3 rings (SSSR count). The maximum atomic E-state index is 12.5. The van der Waals surface area contributed by atoms with Gasteiger partial charge in [0.2, 0.25) is 0 Å². The van der Waals surface area contributed by atoms with Gasteiger partial charge < -0.3 is 19.7 Å². The van der Waals surface area contributed by atoms with Crippen molar-refractivity contribution in [2.75, 3.05) is 19.7 Å². The van der Waals surface area contributed by atoms with Crippen molar-refractivity contribution in [2.45, 2.75) is 19.1 Å². The van der Waals surface area contributed by atoms with Gasteiger partial charge >= 0.3 is 0 Å². The standard InChI is InChI=1S/C15H17N3O4/c1-2-22-12-8-18(7-11(12)19)15(21)13-16-10-6-4-3-5-9(10)14(20)17-13/h3-6,11-12,19H,2,7-8H2,1H3,(H,16,17,20)/t11-,12-/m0/s1. The topological polar surface area (TPSA) is 95.5 Å². The van der Waals surface area contributed by atoms with E-state index in [2.05, 4.69) is 9.97 Å². The van der Waals surface area contributed by atoms with Crippen LogP contribution in [-0.2, 0) is 4.74 Å². The SMILES string of the molecule is CCO[C@H]1CN(C(=O)c2nc3ccccc3c(=O)[nH]2)C[C@@H]1O. The quantitative estimate of drug-likeness (QED) is 0.841. The minimum atomic E-state index is -0.726. The van der Waals surface area contributed by atoms with Crippen LogP contribution in [0.4, 0.5) is 0 Å². The number of rotatable bonds is 3. The molecule has 1 aromatic heterocycles. The summed E-state index contributed by atoms with van der Waals surface area (Å²) in [4.78, 5) is 32.6. The van der Waals surface area contributed by atoms with E-state index in [-0.39, 0.29) is 24.5 Å². The molecule has 1 amide bonds. The van der Waals surface area contributed by atoms with E-state index in [0.717, 1.165) is 0 Å². The monoisotopic (exact) mass is 303 g/mol. The first-order valence-corrected chi connectivity index (χ1v) is 7.18. The highest BCUT2D eigenvalue weighted by Gasteiger charge is 2.35. The van der Waals surface area contributed by atoms with Gasteiger partial charge in [-0.25, -0.2) is 4.98 Å². The second-order valence-electron chi connectivity index (χ2n) is 5.20. The Kier molecular flexibility index (Phi) is 3.91. The average Bonchev–Trinajstić information content (AvgIpc) is 2.88. The highest BCUT2D eigenvalue weighted by Crippen LogP contribution is 2.16. The van der Waals surface area contributed by atoms with Gasteiger partial charge in [0.25, 0.3) is 11.5 Å². The maximum absolute atomic E-state index is 12.5. The van der Waals surface area contributed by atoms with Crippen molar-refractivity contribution in [3.8, 4) is 0 Å². The Morgan fingerprint density at radius 1 is 1.45 bits per heavy atom. The predicted octanol–water partition coefficient (Wildman–Crippen LogP) is 0.145. The number of aromatic nitrogens is 2. The van der Waals surface area contributed by atoms with Gasteiger partial charge in [-0.3, -0.25) is 9.59 Å². The van der Waals surface area contributed by atoms with Gasteiger partial charge in [-0.1, -0.05) is 12.1 Å². The number of aromatic amines is 1. The number of carbonyl (C=O) groups excluding carboxylic acids is 1. The lowest BCUT2D eigenvalue weighted by Crippen LogP contribution is -2.33. The first-order valence-electron chi connectivity index (χ1n) is 7.18. The third-order valence-electron chi connectivity index (χ3n) is 3.72. The van der Waals surface area contributed by atoms with Gasteiger partial charge in [-0.05, 0) is 19.1 Å². The lowest BCUT2D eigenvalue weighted by atomic mass is 10.2. The van der Waals surface area contributed by atoms with Crippen molar-refractivity contribution >= 4 is 16.8 Å². The zero-order chi connectivity index (χ0) is 15.7. The van der Waals surface area contributed by atoms with Gasteiger partial charge in [0.05, 0.1) is 23.6 Å². The van der Waals surface area contributed by atoms with Crippen molar-refractivity contribution in [1.29, 1.82) is 0 Å². The van der Waals surface area contributed by atoms with Crippen LogP contribution in [0.2, 0.25) is 0 Å². The normalized spacial score (nSPS) is 21.5. The third kappa shape index (κ3) is 2.60.